The number of rotatable bonds is 4. The molecule has 0 unspecified atom stereocenters. The fourth-order valence-electron chi connectivity index (χ4n) is 1.77. The SMILES string of the molecule is CCOc1ccc(NC(=O)c2cccn(C)c2=O)cc1. The number of nitrogens with one attached hydrogen (secondary N) is 1. The molecule has 0 bridgehead atoms. The van der Waals surface area contributed by atoms with Crippen molar-refractivity contribution < 1.29 is 9.53 Å². The van der Waals surface area contributed by atoms with E-state index in [1.54, 1.807) is 43.6 Å². The minimum absolute atomic E-state index is 0.115. The largest absolute Gasteiger partial charge is 0.494 e. The lowest BCUT2D eigenvalue weighted by Gasteiger charge is -2.07. The van der Waals surface area contributed by atoms with Crippen molar-refractivity contribution in [2.45, 2.75) is 6.92 Å². The Hall–Kier alpha value is -2.56. The van der Waals surface area contributed by atoms with Crippen molar-refractivity contribution in [2.75, 3.05) is 11.9 Å². The van der Waals surface area contributed by atoms with E-state index in [2.05, 4.69) is 5.32 Å². The van der Waals surface area contributed by atoms with Crippen LogP contribution in [0, 0.1) is 0 Å². The standard InChI is InChI=1S/C15H16N2O3/c1-3-20-12-8-6-11(7-9-12)16-14(18)13-5-4-10-17(2)15(13)19/h4-10H,3H2,1-2H3,(H,16,18). The Labute approximate surface area is 116 Å². The molecule has 1 amide bonds. The third-order valence-corrected chi connectivity index (χ3v) is 2.79. The van der Waals surface area contributed by atoms with Crippen LogP contribution in [0.3, 0.4) is 0 Å². The number of benzene rings is 1. The molecule has 1 heterocycles. The van der Waals surface area contributed by atoms with E-state index in [1.807, 2.05) is 6.92 Å². The van der Waals surface area contributed by atoms with Crippen LogP contribution in [-0.4, -0.2) is 17.1 Å². The van der Waals surface area contributed by atoms with E-state index in [4.69, 9.17) is 4.74 Å². The second-order valence-corrected chi connectivity index (χ2v) is 4.25. The average Bonchev–Trinajstić information content (AvgIpc) is 2.44. The average molecular weight is 272 g/mol. The summed E-state index contributed by atoms with van der Waals surface area (Å²) in [6.07, 6.45) is 1.61. The number of carbonyl (C=O) groups is 1. The van der Waals surface area contributed by atoms with Gasteiger partial charge in [-0.1, -0.05) is 0 Å². The smallest absolute Gasteiger partial charge is 0.263 e. The van der Waals surface area contributed by atoms with Gasteiger partial charge in [0.05, 0.1) is 6.61 Å². The third-order valence-electron chi connectivity index (χ3n) is 2.79. The zero-order valence-corrected chi connectivity index (χ0v) is 11.4. The summed E-state index contributed by atoms with van der Waals surface area (Å²) in [6.45, 7) is 2.49. The van der Waals surface area contributed by atoms with Gasteiger partial charge in [-0.15, -0.1) is 0 Å². The van der Waals surface area contributed by atoms with E-state index in [0.717, 1.165) is 5.75 Å². The van der Waals surface area contributed by atoms with Gasteiger partial charge in [0, 0.05) is 18.9 Å². The van der Waals surface area contributed by atoms with Crippen molar-refractivity contribution in [1.82, 2.24) is 4.57 Å². The molecule has 5 heteroatoms. The quantitative estimate of drug-likeness (QED) is 0.926. The Morgan fingerprint density at radius 3 is 2.60 bits per heavy atom. The molecule has 2 aromatic rings. The zero-order chi connectivity index (χ0) is 14.5. The predicted octanol–water partition coefficient (Wildman–Crippen LogP) is 2.04. The van der Waals surface area contributed by atoms with Crippen LogP contribution in [0.1, 0.15) is 17.3 Å². The molecule has 0 atom stereocenters. The van der Waals surface area contributed by atoms with Crippen molar-refractivity contribution in [2.24, 2.45) is 7.05 Å². The number of carbonyl (C=O) groups excluding carboxylic acids is 1. The number of hydrogen-bond donors (Lipinski definition) is 1. The molecule has 0 aliphatic rings. The first kappa shape index (κ1) is 13.9. The van der Waals surface area contributed by atoms with Gasteiger partial charge in [0.2, 0.25) is 0 Å². The Morgan fingerprint density at radius 2 is 1.95 bits per heavy atom. The highest BCUT2D eigenvalue weighted by Gasteiger charge is 2.11. The number of pyridine rings is 1. The zero-order valence-electron chi connectivity index (χ0n) is 11.4. The van der Waals surface area contributed by atoms with Gasteiger partial charge >= 0.3 is 0 Å². The summed E-state index contributed by atoms with van der Waals surface area (Å²) < 4.78 is 6.69. The van der Waals surface area contributed by atoms with Crippen LogP contribution in [0.15, 0.2) is 47.4 Å². The van der Waals surface area contributed by atoms with E-state index in [0.29, 0.717) is 12.3 Å². The molecule has 1 aromatic carbocycles. The number of hydrogen-bond acceptors (Lipinski definition) is 3. The molecule has 104 valence electrons. The van der Waals surface area contributed by atoms with Crippen LogP contribution in [-0.2, 0) is 7.05 Å². The predicted molar refractivity (Wildman–Crippen MR) is 77.2 cm³/mol. The summed E-state index contributed by atoms with van der Waals surface area (Å²) in [5, 5.41) is 2.69. The van der Waals surface area contributed by atoms with Crippen molar-refractivity contribution in [1.29, 1.82) is 0 Å². The fourth-order valence-corrected chi connectivity index (χ4v) is 1.77. The molecular weight excluding hydrogens is 256 g/mol. The summed E-state index contributed by atoms with van der Waals surface area (Å²) >= 11 is 0. The van der Waals surface area contributed by atoms with Crippen molar-refractivity contribution in [3.63, 3.8) is 0 Å². The lowest BCUT2D eigenvalue weighted by molar-refractivity contribution is 0.102. The molecule has 20 heavy (non-hydrogen) atoms. The van der Waals surface area contributed by atoms with E-state index >= 15 is 0 Å². The first-order valence-electron chi connectivity index (χ1n) is 6.31. The Balaban J connectivity index is 2.15. The second-order valence-electron chi connectivity index (χ2n) is 4.25. The van der Waals surface area contributed by atoms with Crippen LogP contribution >= 0.6 is 0 Å². The van der Waals surface area contributed by atoms with Gasteiger partial charge in [0.1, 0.15) is 11.3 Å². The minimum Gasteiger partial charge on any atom is -0.494 e. The number of amides is 1. The van der Waals surface area contributed by atoms with Crippen LogP contribution in [0.2, 0.25) is 0 Å². The normalized spacial score (nSPS) is 10.1. The summed E-state index contributed by atoms with van der Waals surface area (Å²) in [7, 11) is 1.61. The Morgan fingerprint density at radius 1 is 1.25 bits per heavy atom. The van der Waals surface area contributed by atoms with Crippen LogP contribution < -0.4 is 15.6 Å². The maximum atomic E-state index is 12.0. The summed E-state index contributed by atoms with van der Waals surface area (Å²) in [5.41, 5.74) is 0.407. The van der Waals surface area contributed by atoms with E-state index < -0.39 is 5.91 Å². The maximum absolute atomic E-state index is 12.0. The van der Waals surface area contributed by atoms with E-state index in [1.165, 1.54) is 10.6 Å². The molecular formula is C15H16N2O3. The molecule has 0 spiro atoms. The molecule has 0 aliphatic heterocycles. The Bertz CT molecular complexity index is 660. The fraction of sp³-hybridized carbons (Fsp3) is 0.200. The van der Waals surface area contributed by atoms with E-state index in [-0.39, 0.29) is 11.1 Å². The van der Waals surface area contributed by atoms with Crippen LogP contribution in [0.4, 0.5) is 5.69 Å². The van der Waals surface area contributed by atoms with E-state index in [9.17, 15) is 9.59 Å². The molecule has 0 saturated carbocycles. The molecule has 2 rings (SSSR count). The van der Waals surface area contributed by atoms with Crippen molar-refractivity contribution in [3.05, 3.63) is 58.5 Å². The molecule has 5 nitrogen and oxygen atoms in total. The lowest BCUT2D eigenvalue weighted by Crippen LogP contribution is -2.26. The lowest BCUT2D eigenvalue weighted by atomic mass is 10.2. The third kappa shape index (κ3) is 3.06. The maximum Gasteiger partial charge on any atom is 0.263 e. The molecule has 0 saturated heterocycles. The number of aryl methyl sites for hydroxylation is 1. The highest BCUT2D eigenvalue weighted by Crippen LogP contribution is 2.15. The monoisotopic (exact) mass is 272 g/mol. The van der Waals surface area contributed by atoms with Crippen molar-refractivity contribution >= 4 is 11.6 Å². The van der Waals surface area contributed by atoms with Crippen LogP contribution in [0.25, 0.3) is 0 Å². The van der Waals surface area contributed by atoms with Crippen LogP contribution in [0.5, 0.6) is 5.75 Å². The second kappa shape index (κ2) is 6.06. The molecule has 1 aromatic heterocycles. The molecule has 0 aliphatic carbocycles. The highest BCUT2D eigenvalue weighted by molar-refractivity contribution is 6.03. The van der Waals surface area contributed by atoms with Gasteiger partial charge in [-0.3, -0.25) is 9.59 Å². The van der Waals surface area contributed by atoms with Gasteiger partial charge < -0.3 is 14.6 Å². The van der Waals surface area contributed by atoms with Gasteiger partial charge in [-0.25, -0.2) is 0 Å². The summed E-state index contributed by atoms with van der Waals surface area (Å²) in [6, 6.07) is 10.2. The van der Waals surface area contributed by atoms with Gasteiger partial charge in [0.15, 0.2) is 0 Å². The van der Waals surface area contributed by atoms with Gasteiger partial charge in [-0.05, 0) is 43.3 Å². The number of ether oxygens (including phenoxy) is 1. The topological polar surface area (TPSA) is 60.3 Å². The number of anilines is 1. The van der Waals surface area contributed by atoms with Gasteiger partial charge in [0.25, 0.3) is 11.5 Å². The summed E-state index contributed by atoms with van der Waals surface area (Å²) in [5.74, 6) is 0.316. The number of aromatic nitrogens is 1. The van der Waals surface area contributed by atoms with Crippen molar-refractivity contribution in [3.8, 4) is 5.75 Å². The first-order chi connectivity index (χ1) is 9.61. The highest BCUT2D eigenvalue weighted by atomic mass is 16.5. The first-order valence-corrected chi connectivity index (χ1v) is 6.31. The molecule has 1 N–H and O–H groups in total. The minimum atomic E-state index is -0.421. The Kier molecular flexibility index (Phi) is 4.20. The summed E-state index contributed by atoms with van der Waals surface area (Å²) in [4.78, 5) is 23.9. The molecule has 0 fully saturated rings. The number of nitrogens with zero attached hydrogens (tertiary/aromatic N) is 1. The van der Waals surface area contributed by atoms with Gasteiger partial charge in [-0.2, -0.15) is 0 Å². The molecule has 0 radical (unpaired) electrons.